The van der Waals surface area contributed by atoms with Crippen molar-refractivity contribution < 1.29 is 9.47 Å². The van der Waals surface area contributed by atoms with Gasteiger partial charge in [0, 0.05) is 45.8 Å². The molecule has 0 aromatic carbocycles. The summed E-state index contributed by atoms with van der Waals surface area (Å²) >= 11 is 0. The lowest BCUT2D eigenvalue weighted by molar-refractivity contribution is 0.142. The van der Waals surface area contributed by atoms with Crippen LogP contribution in [0.25, 0.3) is 0 Å². The van der Waals surface area contributed by atoms with Gasteiger partial charge in [-0.05, 0) is 32.7 Å². The van der Waals surface area contributed by atoms with Crippen molar-refractivity contribution in [2.45, 2.75) is 57.8 Å². The minimum absolute atomic E-state index is 0. The van der Waals surface area contributed by atoms with Gasteiger partial charge in [0.25, 0.3) is 0 Å². The number of rotatable bonds is 9. The Labute approximate surface area is 191 Å². The van der Waals surface area contributed by atoms with Crippen LogP contribution >= 0.6 is 24.0 Å². The molecule has 2 unspecified atom stereocenters. The number of halogens is 1. The van der Waals surface area contributed by atoms with E-state index in [-0.39, 0.29) is 24.0 Å². The maximum Gasteiger partial charge on any atom is 0.191 e. The molecule has 0 amide bonds. The SMILES string of the molecule is CCNC(=NCC1CCCN1CCOC)NC1CCc2nc(COC)nn2C1.I. The van der Waals surface area contributed by atoms with Crippen LogP contribution in [-0.2, 0) is 29.0 Å². The predicted octanol–water partition coefficient (Wildman–Crippen LogP) is 1.02. The summed E-state index contributed by atoms with van der Waals surface area (Å²) in [7, 11) is 3.43. The summed E-state index contributed by atoms with van der Waals surface area (Å²) < 4.78 is 12.4. The first kappa shape index (κ1) is 24.3. The number of hydrogen-bond acceptors (Lipinski definition) is 6. The Morgan fingerprint density at radius 1 is 1.28 bits per heavy atom. The molecule has 0 aliphatic carbocycles. The van der Waals surface area contributed by atoms with E-state index in [0.717, 1.165) is 69.8 Å². The van der Waals surface area contributed by atoms with Crippen molar-refractivity contribution in [1.82, 2.24) is 30.3 Å². The molecular weight excluding hydrogens is 485 g/mol. The van der Waals surface area contributed by atoms with Gasteiger partial charge >= 0.3 is 0 Å². The van der Waals surface area contributed by atoms with Gasteiger partial charge in [-0.3, -0.25) is 9.89 Å². The third kappa shape index (κ3) is 7.04. The van der Waals surface area contributed by atoms with E-state index in [1.54, 1.807) is 14.2 Å². The van der Waals surface area contributed by atoms with Crippen LogP contribution in [0, 0.1) is 0 Å². The third-order valence-corrected chi connectivity index (χ3v) is 5.40. The number of methoxy groups -OCH3 is 2. The molecule has 9 nitrogen and oxygen atoms in total. The molecule has 2 atom stereocenters. The van der Waals surface area contributed by atoms with Gasteiger partial charge in [0.1, 0.15) is 12.4 Å². The van der Waals surface area contributed by atoms with Gasteiger partial charge in [0.15, 0.2) is 11.8 Å². The zero-order chi connectivity index (χ0) is 19.8. The van der Waals surface area contributed by atoms with Gasteiger partial charge in [0.2, 0.25) is 0 Å². The van der Waals surface area contributed by atoms with Gasteiger partial charge in [-0.25, -0.2) is 9.67 Å². The number of aromatic nitrogens is 3. The average Bonchev–Trinajstić information content (AvgIpc) is 3.30. The van der Waals surface area contributed by atoms with Crippen molar-refractivity contribution in [2.24, 2.45) is 4.99 Å². The number of aliphatic imine (C=N–C) groups is 1. The first-order chi connectivity index (χ1) is 13.7. The fourth-order valence-corrected chi connectivity index (χ4v) is 3.98. The van der Waals surface area contributed by atoms with Crippen molar-refractivity contribution in [3.05, 3.63) is 11.6 Å². The molecule has 3 heterocycles. The maximum absolute atomic E-state index is 5.24. The zero-order valence-corrected chi connectivity index (χ0v) is 20.2. The van der Waals surface area contributed by atoms with Crippen LogP contribution in [0.3, 0.4) is 0 Å². The summed E-state index contributed by atoms with van der Waals surface area (Å²) in [5, 5.41) is 11.5. The van der Waals surface area contributed by atoms with Gasteiger partial charge in [0.05, 0.1) is 19.7 Å². The summed E-state index contributed by atoms with van der Waals surface area (Å²) in [6, 6.07) is 0.811. The summed E-state index contributed by atoms with van der Waals surface area (Å²) in [6.45, 7) is 7.96. The third-order valence-electron chi connectivity index (χ3n) is 5.40. The fourth-order valence-electron chi connectivity index (χ4n) is 3.98. The van der Waals surface area contributed by atoms with Crippen LogP contribution in [0.1, 0.15) is 37.8 Å². The van der Waals surface area contributed by atoms with Crippen molar-refractivity contribution in [3.8, 4) is 0 Å². The second-order valence-electron chi connectivity index (χ2n) is 7.48. The molecule has 166 valence electrons. The number of nitrogens with one attached hydrogen (secondary N) is 2. The Morgan fingerprint density at radius 3 is 2.90 bits per heavy atom. The van der Waals surface area contributed by atoms with Gasteiger partial charge < -0.3 is 20.1 Å². The predicted molar refractivity (Wildman–Crippen MR) is 124 cm³/mol. The number of aryl methyl sites for hydroxylation is 1. The molecular formula is C19H36IN7O2. The molecule has 0 saturated carbocycles. The highest BCUT2D eigenvalue weighted by Crippen LogP contribution is 2.17. The second kappa shape index (κ2) is 12.7. The van der Waals surface area contributed by atoms with Gasteiger partial charge in [-0.1, -0.05) is 0 Å². The Kier molecular flexibility index (Phi) is 10.6. The van der Waals surface area contributed by atoms with Crippen LogP contribution in [-0.4, -0.2) is 84.7 Å². The Balaban J connectivity index is 0.00000300. The molecule has 0 radical (unpaired) electrons. The lowest BCUT2D eigenvalue weighted by Gasteiger charge is -2.26. The van der Waals surface area contributed by atoms with E-state index in [1.165, 1.54) is 12.8 Å². The zero-order valence-electron chi connectivity index (χ0n) is 17.9. The second-order valence-corrected chi connectivity index (χ2v) is 7.48. The Morgan fingerprint density at radius 2 is 2.14 bits per heavy atom. The molecule has 1 saturated heterocycles. The minimum atomic E-state index is 0. The first-order valence-corrected chi connectivity index (χ1v) is 10.4. The number of guanidine groups is 1. The summed E-state index contributed by atoms with van der Waals surface area (Å²) in [4.78, 5) is 11.9. The highest BCUT2D eigenvalue weighted by Gasteiger charge is 2.25. The first-order valence-electron chi connectivity index (χ1n) is 10.4. The maximum atomic E-state index is 5.24. The number of fused-ring (bicyclic) bond motifs is 1. The molecule has 1 aromatic rings. The number of nitrogens with zero attached hydrogens (tertiary/aromatic N) is 5. The summed E-state index contributed by atoms with van der Waals surface area (Å²) in [5.74, 6) is 2.70. The molecule has 2 aliphatic rings. The number of ether oxygens (including phenoxy) is 2. The molecule has 0 spiro atoms. The molecule has 2 aliphatic heterocycles. The van der Waals surface area contributed by atoms with Crippen molar-refractivity contribution in [3.63, 3.8) is 0 Å². The lowest BCUT2D eigenvalue weighted by atomic mass is 10.1. The van der Waals surface area contributed by atoms with Crippen molar-refractivity contribution in [1.29, 1.82) is 0 Å². The topological polar surface area (TPSA) is 88.8 Å². The largest absolute Gasteiger partial charge is 0.383 e. The molecule has 0 bridgehead atoms. The summed E-state index contributed by atoms with van der Waals surface area (Å²) in [5.41, 5.74) is 0. The van der Waals surface area contributed by atoms with Crippen molar-refractivity contribution in [2.75, 3.05) is 47.0 Å². The normalized spacial score (nSPS) is 22.2. The van der Waals surface area contributed by atoms with E-state index in [4.69, 9.17) is 14.5 Å². The monoisotopic (exact) mass is 521 g/mol. The standard InChI is InChI=1S/C19H35N7O2.HI/c1-4-20-19(21-12-16-6-5-9-25(16)10-11-27-2)22-15-7-8-18-23-17(14-28-3)24-26(18)13-15;/h15-16H,4-14H2,1-3H3,(H2,20,21,22);1H. The van der Waals surface area contributed by atoms with Crippen LogP contribution in [0.15, 0.2) is 4.99 Å². The molecule has 1 aromatic heterocycles. The smallest absolute Gasteiger partial charge is 0.191 e. The molecule has 2 N–H and O–H groups in total. The Hall–Kier alpha value is -0.980. The van der Waals surface area contributed by atoms with Crippen molar-refractivity contribution >= 4 is 29.9 Å². The van der Waals surface area contributed by atoms with Crippen LogP contribution in [0.5, 0.6) is 0 Å². The molecule has 3 rings (SSSR count). The van der Waals surface area contributed by atoms with E-state index in [1.807, 2.05) is 4.68 Å². The molecule has 1 fully saturated rings. The fraction of sp³-hybridized carbons (Fsp3) is 0.842. The quantitative estimate of drug-likeness (QED) is 0.285. The van der Waals surface area contributed by atoms with Gasteiger partial charge in [-0.2, -0.15) is 5.10 Å². The number of hydrogen-bond donors (Lipinski definition) is 2. The molecule has 10 heteroatoms. The lowest BCUT2D eigenvalue weighted by Crippen LogP contribution is -2.47. The Bertz CT molecular complexity index is 640. The van der Waals surface area contributed by atoms with E-state index in [0.29, 0.717) is 18.7 Å². The van der Waals surface area contributed by atoms with Crippen LogP contribution in [0.4, 0.5) is 0 Å². The van der Waals surface area contributed by atoms with Crippen LogP contribution < -0.4 is 10.6 Å². The highest BCUT2D eigenvalue weighted by molar-refractivity contribution is 14.0. The minimum Gasteiger partial charge on any atom is -0.383 e. The average molecular weight is 521 g/mol. The van der Waals surface area contributed by atoms with E-state index < -0.39 is 0 Å². The number of likely N-dealkylation sites (tertiary alicyclic amines) is 1. The molecule has 29 heavy (non-hydrogen) atoms. The highest BCUT2D eigenvalue weighted by atomic mass is 127. The van der Waals surface area contributed by atoms with Crippen LogP contribution in [0.2, 0.25) is 0 Å². The van der Waals surface area contributed by atoms with E-state index >= 15 is 0 Å². The van der Waals surface area contributed by atoms with Gasteiger partial charge in [-0.15, -0.1) is 24.0 Å². The summed E-state index contributed by atoms with van der Waals surface area (Å²) in [6.07, 6.45) is 4.40. The van der Waals surface area contributed by atoms with E-state index in [9.17, 15) is 0 Å². The van der Waals surface area contributed by atoms with E-state index in [2.05, 4.69) is 32.5 Å².